The maximum Gasteiger partial charge on any atom is 0.226 e. The molecule has 0 aliphatic rings. The van der Waals surface area contributed by atoms with Crippen molar-refractivity contribution in [1.29, 1.82) is 0 Å². The van der Waals surface area contributed by atoms with Gasteiger partial charge in [-0.3, -0.25) is 4.79 Å². The summed E-state index contributed by atoms with van der Waals surface area (Å²) in [6, 6.07) is 10.4. The van der Waals surface area contributed by atoms with Crippen LogP contribution in [0, 0.1) is 0 Å². The fourth-order valence-corrected chi connectivity index (χ4v) is 3.74. The number of amides is 1. The Balaban J connectivity index is 1.59. The van der Waals surface area contributed by atoms with Crippen molar-refractivity contribution < 1.29 is 4.79 Å². The molecule has 0 atom stereocenters. The van der Waals surface area contributed by atoms with Crippen LogP contribution >= 0.6 is 22.7 Å². The van der Waals surface area contributed by atoms with E-state index in [0.29, 0.717) is 17.5 Å². The molecule has 0 radical (unpaired) electrons. The summed E-state index contributed by atoms with van der Waals surface area (Å²) < 4.78 is 0. The number of rotatable bonds is 6. The molecule has 0 saturated carbocycles. The lowest BCUT2D eigenvalue weighted by Gasteiger charge is -2.04. The standard InChI is InChI=1S/C18H19N3OS2/c1-12(2)14-4-6-15(7-5-14)17-20-21-18(24-17)19-16(22)8-3-13-9-10-23-11-13/h4-7,9-12H,3,8H2,1-2H3,(H,19,21,22). The molecule has 24 heavy (non-hydrogen) atoms. The number of carbonyl (C=O) groups excluding carboxylic acids is 1. The quantitative estimate of drug-likeness (QED) is 0.678. The van der Waals surface area contributed by atoms with E-state index in [1.54, 1.807) is 11.3 Å². The first-order valence-electron chi connectivity index (χ1n) is 7.86. The number of hydrogen-bond donors (Lipinski definition) is 1. The SMILES string of the molecule is CC(C)c1ccc(-c2nnc(NC(=O)CCc3ccsc3)s2)cc1. The van der Waals surface area contributed by atoms with Gasteiger partial charge < -0.3 is 5.32 Å². The van der Waals surface area contributed by atoms with E-state index in [-0.39, 0.29) is 5.91 Å². The van der Waals surface area contributed by atoms with Crippen molar-refractivity contribution in [2.24, 2.45) is 0 Å². The summed E-state index contributed by atoms with van der Waals surface area (Å²) >= 11 is 3.05. The molecule has 0 bridgehead atoms. The molecule has 1 amide bonds. The first-order chi connectivity index (χ1) is 11.6. The van der Waals surface area contributed by atoms with E-state index in [2.05, 4.69) is 59.0 Å². The van der Waals surface area contributed by atoms with E-state index < -0.39 is 0 Å². The number of hydrogen-bond acceptors (Lipinski definition) is 5. The molecule has 1 aromatic carbocycles. The summed E-state index contributed by atoms with van der Waals surface area (Å²) in [5.74, 6) is 0.477. The highest BCUT2D eigenvalue weighted by atomic mass is 32.1. The van der Waals surface area contributed by atoms with Crippen molar-refractivity contribution in [2.45, 2.75) is 32.6 Å². The van der Waals surface area contributed by atoms with Crippen molar-refractivity contribution >= 4 is 33.7 Å². The number of thiophene rings is 1. The van der Waals surface area contributed by atoms with E-state index in [0.717, 1.165) is 17.0 Å². The first kappa shape index (κ1) is 16.8. The fraction of sp³-hybridized carbons (Fsp3) is 0.278. The summed E-state index contributed by atoms with van der Waals surface area (Å²) in [4.78, 5) is 12.0. The summed E-state index contributed by atoms with van der Waals surface area (Å²) in [6.07, 6.45) is 1.20. The molecule has 0 unspecified atom stereocenters. The van der Waals surface area contributed by atoms with E-state index in [4.69, 9.17) is 0 Å². The van der Waals surface area contributed by atoms with Crippen molar-refractivity contribution in [3.8, 4) is 10.6 Å². The van der Waals surface area contributed by atoms with Crippen LogP contribution in [-0.2, 0) is 11.2 Å². The van der Waals surface area contributed by atoms with Crippen molar-refractivity contribution in [3.05, 3.63) is 52.2 Å². The van der Waals surface area contributed by atoms with Crippen LogP contribution in [0.5, 0.6) is 0 Å². The normalized spacial score (nSPS) is 11.0. The zero-order valence-corrected chi connectivity index (χ0v) is 15.3. The molecule has 0 fully saturated rings. The zero-order valence-electron chi connectivity index (χ0n) is 13.7. The molecule has 3 aromatic rings. The maximum absolute atomic E-state index is 12.0. The monoisotopic (exact) mass is 357 g/mol. The molecule has 0 spiro atoms. The lowest BCUT2D eigenvalue weighted by Crippen LogP contribution is -2.11. The van der Waals surface area contributed by atoms with Crippen LogP contribution < -0.4 is 5.32 Å². The van der Waals surface area contributed by atoms with E-state index >= 15 is 0 Å². The number of carbonyl (C=O) groups is 1. The van der Waals surface area contributed by atoms with Gasteiger partial charge in [-0.05, 0) is 40.3 Å². The number of nitrogens with one attached hydrogen (secondary N) is 1. The Kier molecular flexibility index (Phi) is 5.37. The van der Waals surface area contributed by atoms with Crippen LogP contribution in [0.1, 0.15) is 37.3 Å². The Morgan fingerprint density at radius 1 is 1.17 bits per heavy atom. The minimum absolute atomic E-state index is 0.0287. The topological polar surface area (TPSA) is 54.9 Å². The Morgan fingerprint density at radius 2 is 1.96 bits per heavy atom. The van der Waals surface area contributed by atoms with Gasteiger partial charge in [-0.15, -0.1) is 10.2 Å². The smallest absolute Gasteiger partial charge is 0.226 e. The number of nitrogens with zero attached hydrogens (tertiary/aromatic N) is 2. The van der Waals surface area contributed by atoms with Crippen LogP contribution in [0.4, 0.5) is 5.13 Å². The van der Waals surface area contributed by atoms with E-state index in [1.807, 2.05) is 11.4 Å². The molecular weight excluding hydrogens is 338 g/mol. The van der Waals surface area contributed by atoms with Crippen LogP contribution in [0.15, 0.2) is 41.1 Å². The minimum Gasteiger partial charge on any atom is -0.301 e. The van der Waals surface area contributed by atoms with E-state index in [1.165, 1.54) is 22.5 Å². The molecule has 4 nitrogen and oxygen atoms in total. The lowest BCUT2D eigenvalue weighted by atomic mass is 10.0. The molecule has 124 valence electrons. The average molecular weight is 358 g/mol. The Morgan fingerprint density at radius 3 is 2.62 bits per heavy atom. The molecule has 0 saturated heterocycles. The second kappa shape index (κ2) is 7.68. The first-order valence-corrected chi connectivity index (χ1v) is 9.62. The molecule has 0 aliphatic heterocycles. The predicted molar refractivity (Wildman–Crippen MR) is 101 cm³/mol. The van der Waals surface area contributed by atoms with Crippen molar-refractivity contribution in [3.63, 3.8) is 0 Å². The van der Waals surface area contributed by atoms with Gasteiger partial charge in [0, 0.05) is 12.0 Å². The second-order valence-electron chi connectivity index (χ2n) is 5.87. The number of benzene rings is 1. The number of aryl methyl sites for hydroxylation is 1. The van der Waals surface area contributed by atoms with Gasteiger partial charge in [0.25, 0.3) is 0 Å². The fourth-order valence-electron chi connectivity index (χ4n) is 2.28. The largest absolute Gasteiger partial charge is 0.301 e. The lowest BCUT2D eigenvalue weighted by molar-refractivity contribution is -0.116. The Labute approximate surface area is 149 Å². The average Bonchev–Trinajstić information content (AvgIpc) is 3.25. The molecule has 2 aromatic heterocycles. The Hall–Kier alpha value is -2.05. The van der Waals surface area contributed by atoms with Crippen LogP contribution in [-0.4, -0.2) is 16.1 Å². The highest BCUT2D eigenvalue weighted by molar-refractivity contribution is 7.18. The molecule has 6 heteroatoms. The molecule has 0 aliphatic carbocycles. The van der Waals surface area contributed by atoms with E-state index in [9.17, 15) is 4.79 Å². The highest BCUT2D eigenvalue weighted by Crippen LogP contribution is 2.27. The third-order valence-corrected chi connectivity index (χ3v) is 5.34. The van der Waals surface area contributed by atoms with Gasteiger partial charge in [-0.1, -0.05) is 49.4 Å². The molecule has 2 heterocycles. The summed E-state index contributed by atoms with van der Waals surface area (Å²) in [5, 5.41) is 16.5. The second-order valence-corrected chi connectivity index (χ2v) is 7.63. The minimum atomic E-state index is -0.0287. The van der Waals surface area contributed by atoms with Crippen LogP contribution in [0.3, 0.4) is 0 Å². The van der Waals surface area contributed by atoms with Gasteiger partial charge in [0.2, 0.25) is 11.0 Å². The van der Waals surface area contributed by atoms with Crippen LogP contribution in [0.2, 0.25) is 0 Å². The Bertz CT molecular complexity index is 792. The van der Waals surface area contributed by atoms with Gasteiger partial charge in [0.1, 0.15) is 5.01 Å². The third kappa shape index (κ3) is 4.27. The van der Waals surface area contributed by atoms with Gasteiger partial charge in [0.05, 0.1) is 0 Å². The van der Waals surface area contributed by atoms with Crippen molar-refractivity contribution in [2.75, 3.05) is 5.32 Å². The zero-order chi connectivity index (χ0) is 16.9. The molecule has 3 rings (SSSR count). The number of aromatic nitrogens is 2. The molecular formula is C18H19N3OS2. The summed E-state index contributed by atoms with van der Waals surface area (Å²) in [6.45, 7) is 4.34. The third-order valence-electron chi connectivity index (χ3n) is 3.72. The van der Waals surface area contributed by atoms with Gasteiger partial charge in [-0.2, -0.15) is 11.3 Å². The number of anilines is 1. The van der Waals surface area contributed by atoms with Crippen LogP contribution in [0.25, 0.3) is 10.6 Å². The molecule has 1 N–H and O–H groups in total. The van der Waals surface area contributed by atoms with Crippen molar-refractivity contribution in [1.82, 2.24) is 10.2 Å². The summed E-state index contributed by atoms with van der Waals surface area (Å²) in [5.41, 5.74) is 3.51. The van der Waals surface area contributed by atoms with Gasteiger partial charge >= 0.3 is 0 Å². The maximum atomic E-state index is 12.0. The highest BCUT2D eigenvalue weighted by Gasteiger charge is 2.10. The van der Waals surface area contributed by atoms with Gasteiger partial charge in [-0.25, -0.2) is 0 Å². The van der Waals surface area contributed by atoms with Gasteiger partial charge in [0.15, 0.2) is 0 Å². The summed E-state index contributed by atoms with van der Waals surface area (Å²) in [7, 11) is 0. The predicted octanol–water partition coefficient (Wildman–Crippen LogP) is 4.96.